The van der Waals surface area contributed by atoms with Gasteiger partial charge in [-0.2, -0.15) is 0 Å². The first kappa shape index (κ1) is 18.9. The molecule has 3 rings (SSSR count). The van der Waals surface area contributed by atoms with E-state index < -0.39 is 6.10 Å². The van der Waals surface area contributed by atoms with Gasteiger partial charge in [0, 0.05) is 13.1 Å². The van der Waals surface area contributed by atoms with Crippen molar-refractivity contribution < 1.29 is 14.3 Å². The molecule has 3 N–H and O–H groups in total. The molecule has 6 heteroatoms. The van der Waals surface area contributed by atoms with Crippen molar-refractivity contribution in [1.29, 1.82) is 0 Å². The van der Waals surface area contributed by atoms with Crippen molar-refractivity contribution >= 4 is 11.8 Å². The fourth-order valence-electron chi connectivity index (χ4n) is 3.38. The Morgan fingerprint density at radius 3 is 2.44 bits per heavy atom. The molecule has 2 amide bonds. The molecule has 6 nitrogen and oxygen atoms in total. The van der Waals surface area contributed by atoms with Crippen molar-refractivity contribution in [3.63, 3.8) is 0 Å². The van der Waals surface area contributed by atoms with Crippen molar-refractivity contribution in [1.82, 2.24) is 10.3 Å². The molecule has 1 heterocycles. The molecule has 2 unspecified atom stereocenters. The van der Waals surface area contributed by atoms with Gasteiger partial charge < -0.3 is 9.64 Å². The monoisotopic (exact) mass is 367 g/mol. The van der Waals surface area contributed by atoms with Crippen molar-refractivity contribution in [2.75, 3.05) is 13.1 Å². The van der Waals surface area contributed by atoms with Gasteiger partial charge in [0.05, 0.1) is 5.92 Å². The van der Waals surface area contributed by atoms with E-state index in [2.05, 4.69) is 5.43 Å². The number of hydrogen-bond donors (Lipinski definition) is 2. The van der Waals surface area contributed by atoms with Gasteiger partial charge in [-0.1, -0.05) is 42.5 Å². The molecular weight excluding hydrogens is 342 g/mol. The molecule has 0 radical (unpaired) electrons. The molecule has 0 saturated carbocycles. The van der Waals surface area contributed by atoms with Crippen molar-refractivity contribution in [2.24, 2.45) is 11.8 Å². The average Bonchev–Trinajstić information content (AvgIpc) is 2.73. The lowest BCUT2D eigenvalue weighted by molar-refractivity contribution is -0.141. The van der Waals surface area contributed by atoms with Gasteiger partial charge in [0.15, 0.2) is 6.10 Å². The summed E-state index contributed by atoms with van der Waals surface area (Å²) in [5.41, 5.74) is 4.40. The largest absolute Gasteiger partial charge is 0.481 e. The maximum absolute atomic E-state index is 12.7. The Labute approximate surface area is 159 Å². The van der Waals surface area contributed by atoms with E-state index in [-0.39, 0.29) is 17.7 Å². The summed E-state index contributed by atoms with van der Waals surface area (Å²) in [6, 6.07) is 17.8. The Balaban J connectivity index is 1.60. The number of piperidine rings is 1. The first-order valence-electron chi connectivity index (χ1n) is 9.20. The molecule has 1 aliphatic heterocycles. The van der Waals surface area contributed by atoms with Gasteiger partial charge in [-0.25, -0.2) is 5.84 Å². The Bertz CT molecular complexity index is 777. The Kier molecular flexibility index (Phi) is 6.08. The number of nitrogens with two attached hydrogens (primary N) is 1. The van der Waals surface area contributed by atoms with Crippen LogP contribution in [0.15, 0.2) is 54.6 Å². The number of carbonyl (C=O) groups is 2. The molecule has 2 aromatic rings. The molecule has 2 atom stereocenters. The molecule has 0 bridgehead atoms. The Morgan fingerprint density at radius 2 is 1.78 bits per heavy atom. The molecule has 1 saturated heterocycles. The van der Waals surface area contributed by atoms with Crippen LogP contribution in [0.1, 0.15) is 19.8 Å². The number of rotatable bonds is 5. The Morgan fingerprint density at radius 1 is 1.11 bits per heavy atom. The second-order valence-corrected chi connectivity index (χ2v) is 6.78. The lowest BCUT2D eigenvalue weighted by Gasteiger charge is -2.33. The van der Waals surface area contributed by atoms with Crippen LogP contribution in [0.2, 0.25) is 0 Å². The van der Waals surface area contributed by atoms with Gasteiger partial charge in [0.2, 0.25) is 5.91 Å². The van der Waals surface area contributed by atoms with Crippen LogP contribution in [-0.2, 0) is 9.59 Å². The van der Waals surface area contributed by atoms with Crippen LogP contribution in [0.3, 0.4) is 0 Å². The fraction of sp³-hybridized carbons (Fsp3) is 0.333. The van der Waals surface area contributed by atoms with E-state index in [1.165, 1.54) is 0 Å². The number of nitrogens with one attached hydrogen (secondary N) is 1. The molecule has 27 heavy (non-hydrogen) atoms. The SMILES string of the molecule is CC(Oc1ccc(-c2ccccc2)cc1)C(=O)N1CCCC(C(=O)NN)C1. The number of nitrogens with zero attached hydrogens (tertiary/aromatic N) is 1. The number of likely N-dealkylation sites (tertiary alicyclic amines) is 1. The van der Waals surface area contributed by atoms with E-state index in [9.17, 15) is 9.59 Å². The molecule has 2 aromatic carbocycles. The third kappa shape index (κ3) is 4.65. The zero-order valence-corrected chi connectivity index (χ0v) is 15.4. The summed E-state index contributed by atoms with van der Waals surface area (Å²) >= 11 is 0. The van der Waals surface area contributed by atoms with E-state index in [1.54, 1.807) is 11.8 Å². The molecule has 0 aromatic heterocycles. The third-order valence-electron chi connectivity index (χ3n) is 4.87. The predicted molar refractivity (Wildman–Crippen MR) is 104 cm³/mol. The second-order valence-electron chi connectivity index (χ2n) is 6.78. The summed E-state index contributed by atoms with van der Waals surface area (Å²) in [5, 5.41) is 0. The minimum atomic E-state index is -0.618. The lowest BCUT2D eigenvalue weighted by Crippen LogP contribution is -2.50. The molecular formula is C21H25N3O3. The maximum Gasteiger partial charge on any atom is 0.263 e. The van der Waals surface area contributed by atoms with Crippen LogP contribution in [0.4, 0.5) is 0 Å². The third-order valence-corrected chi connectivity index (χ3v) is 4.87. The first-order valence-corrected chi connectivity index (χ1v) is 9.20. The van der Waals surface area contributed by atoms with Crippen LogP contribution in [0, 0.1) is 5.92 Å². The second kappa shape index (κ2) is 8.68. The van der Waals surface area contributed by atoms with Gasteiger partial charge >= 0.3 is 0 Å². The molecule has 1 aliphatic rings. The number of amides is 2. The van der Waals surface area contributed by atoms with Crippen LogP contribution >= 0.6 is 0 Å². The van der Waals surface area contributed by atoms with E-state index in [1.807, 2.05) is 54.6 Å². The summed E-state index contributed by atoms with van der Waals surface area (Å²) in [6.07, 6.45) is 0.901. The van der Waals surface area contributed by atoms with Gasteiger partial charge in [-0.3, -0.25) is 15.0 Å². The molecule has 0 aliphatic carbocycles. The van der Waals surface area contributed by atoms with Crippen LogP contribution in [0.5, 0.6) is 5.75 Å². The number of benzene rings is 2. The minimum absolute atomic E-state index is 0.114. The highest BCUT2D eigenvalue weighted by atomic mass is 16.5. The first-order chi connectivity index (χ1) is 13.1. The molecule has 0 spiro atoms. The van der Waals surface area contributed by atoms with E-state index in [0.29, 0.717) is 18.8 Å². The topological polar surface area (TPSA) is 84.7 Å². The zero-order chi connectivity index (χ0) is 19.2. The average molecular weight is 367 g/mol. The summed E-state index contributed by atoms with van der Waals surface area (Å²) in [7, 11) is 0. The quantitative estimate of drug-likeness (QED) is 0.483. The zero-order valence-electron chi connectivity index (χ0n) is 15.4. The van der Waals surface area contributed by atoms with E-state index >= 15 is 0 Å². The number of ether oxygens (including phenoxy) is 1. The lowest BCUT2D eigenvalue weighted by atomic mass is 9.97. The minimum Gasteiger partial charge on any atom is -0.481 e. The predicted octanol–water partition coefficient (Wildman–Crippen LogP) is 2.35. The van der Waals surface area contributed by atoms with Gasteiger partial charge in [0.25, 0.3) is 5.91 Å². The Hall–Kier alpha value is -2.86. The summed E-state index contributed by atoms with van der Waals surface area (Å²) in [4.78, 5) is 26.1. The molecule has 1 fully saturated rings. The highest BCUT2D eigenvalue weighted by molar-refractivity contribution is 5.83. The van der Waals surface area contributed by atoms with Crippen molar-refractivity contribution in [3.05, 3.63) is 54.6 Å². The smallest absolute Gasteiger partial charge is 0.263 e. The van der Waals surface area contributed by atoms with E-state index in [0.717, 1.165) is 24.0 Å². The summed E-state index contributed by atoms with van der Waals surface area (Å²) < 4.78 is 5.83. The van der Waals surface area contributed by atoms with Gasteiger partial charge in [0.1, 0.15) is 5.75 Å². The van der Waals surface area contributed by atoms with Crippen molar-refractivity contribution in [2.45, 2.75) is 25.9 Å². The molecule has 142 valence electrons. The fourth-order valence-corrected chi connectivity index (χ4v) is 3.38. The highest BCUT2D eigenvalue weighted by Crippen LogP contribution is 2.23. The van der Waals surface area contributed by atoms with Crippen molar-refractivity contribution in [3.8, 4) is 16.9 Å². The van der Waals surface area contributed by atoms with Crippen LogP contribution < -0.4 is 16.0 Å². The van der Waals surface area contributed by atoms with Crippen LogP contribution in [-0.4, -0.2) is 35.9 Å². The van der Waals surface area contributed by atoms with Crippen LogP contribution in [0.25, 0.3) is 11.1 Å². The standard InChI is InChI=1S/C21H25N3O3/c1-15(21(26)24-13-5-8-18(14-24)20(25)23-22)27-19-11-9-17(10-12-19)16-6-3-2-4-7-16/h2-4,6-7,9-12,15,18H,5,8,13-14,22H2,1H3,(H,23,25). The summed E-state index contributed by atoms with van der Waals surface area (Å²) in [6.45, 7) is 2.75. The normalized spacial score (nSPS) is 17.9. The van der Waals surface area contributed by atoms with Gasteiger partial charge in [-0.15, -0.1) is 0 Å². The summed E-state index contributed by atoms with van der Waals surface area (Å²) in [5.74, 6) is 5.26. The maximum atomic E-state index is 12.7. The number of carbonyl (C=O) groups excluding carboxylic acids is 2. The van der Waals surface area contributed by atoms with E-state index in [4.69, 9.17) is 10.6 Å². The van der Waals surface area contributed by atoms with Gasteiger partial charge in [-0.05, 0) is 43.0 Å². The highest BCUT2D eigenvalue weighted by Gasteiger charge is 2.30. The number of hydrogen-bond acceptors (Lipinski definition) is 4. The number of hydrazine groups is 1.